The minimum absolute atomic E-state index is 0.0631. The van der Waals surface area contributed by atoms with Gasteiger partial charge in [0.05, 0.1) is 5.52 Å². The lowest BCUT2D eigenvalue weighted by Gasteiger charge is -2.19. The van der Waals surface area contributed by atoms with Gasteiger partial charge in [0.25, 0.3) is 0 Å². The van der Waals surface area contributed by atoms with Gasteiger partial charge < -0.3 is 4.57 Å². The lowest BCUT2D eigenvalue weighted by atomic mass is 9.87. The smallest absolute Gasteiger partial charge is 0.189 e. The number of aromatic nitrogens is 1. The van der Waals surface area contributed by atoms with Crippen molar-refractivity contribution in [2.24, 2.45) is 0 Å². The van der Waals surface area contributed by atoms with Crippen molar-refractivity contribution in [1.29, 1.82) is 0 Å². The number of para-hydroxylation sites is 1. The molecule has 2 heteroatoms. The van der Waals surface area contributed by atoms with E-state index in [-0.39, 0.29) is 10.8 Å². The van der Waals surface area contributed by atoms with Crippen LogP contribution in [0.25, 0.3) is 16.6 Å². The highest BCUT2D eigenvalue weighted by Gasteiger charge is 2.13. The zero-order chi connectivity index (χ0) is 15.0. The third-order valence-corrected chi connectivity index (χ3v) is 3.82. The van der Waals surface area contributed by atoms with Gasteiger partial charge in [-0.1, -0.05) is 45.0 Å². The summed E-state index contributed by atoms with van der Waals surface area (Å²) >= 11 is 0. The van der Waals surface area contributed by atoms with Crippen molar-refractivity contribution in [3.8, 4) is 5.69 Å². The average molecular weight is 277 g/mol. The predicted molar refractivity (Wildman–Crippen MR) is 88.2 cm³/mol. The minimum Gasteiger partial charge on any atom is -0.316 e. The molecule has 21 heavy (non-hydrogen) atoms. The first kappa shape index (κ1) is 13.6. The lowest BCUT2D eigenvalue weighted by Crippen LogP contribution is -2.11. The molecule has 3 aromatic rings. The number of pyridine rings is 1. The highest BCUT2D eigenvalue weighted by Crippen LogP contribution is 2.24. The van der Waals surface area contributed by atoms with Crippen molar-refractivity contribution in [3.05, 3.63) is 76.6 Å². The minimum atomic E-state index is 0.0631. The molecule has 0 saturated heterocycles. The van der Waals surface area contributed by atoms with Gasteiger partial charge in [0.2, 0.25) is 0 Å². The van der Waals surface area contributed by atoms with Gasteiger partial charge in [-0.15, -0.1) is 0 Å². The molecule has 1 heterocycles. The second-order valence-electron chi connectivity index (χ2n) is 6.36. The molecule has 2 aromatic carbocycles. The fourth-order valence-electron chi connectivity index (χ4n) is 2.55. The maximum Gasteiger partial charge on any atom is 0.189 e. The highest BCUT2D eigenvalue weighted by atomic mass is 16.1. The Morgan fingerprint density at radius 2 is 1.52 bits per heavy atom. The van der Waals surface area contributed by atoms with Crippen LogP contribution in [0.2, 0.25) is 0 Å². The third kappa shape index (κ3) is 2.49. The van der Waals surface area contributed by atoms with Crippen LogP contribution in [0, 0.1) is 0 Å². The molecule has 0 aliphatic heterocycles. The van der Waals surface area contributed by atoms with Crippen LogP contribution in [0.1, 0.15) is 26.3 Å². The van der Waals surface area contributed by atoms with Crippen LogP contribution < -0.4 is 5.43 Å². The van der Waals surface area contributed by atoms with Crippen molar-refractivity contribution in [3.63, 3.8) is 0 Å². The fraction of sp³-hybridized carbons (Fsp3) is 0.211. The standard InChI is InChI=1S/C19H19NO/c1-19(2,3)14-8-10-15(11-9-14)20-13-12-18(21)16-6-4-5-7-17(16)20/h4-13H,1-3H3. The van der Waals surface area contributed by atoms with Gasteiger partial charge >= 0.3 is 0 Å². The van der Waals surface area contributed by atoms with Gasteiger partial charge in [-0.2, -0.15) is 0 Å². The number of hydrogen-bond acceptors (Lipinski definition) is 1. The van der Waals surface area contributed by atoms with E-state index in [9.17, 15) is 4.79 Å². The summed E-state index contributed by atoms with van der Waals surface area (Å²) in [5.74, 6) is 0. The van der Waals surface area contributed by atoms with E-state index in [0.717, 1.165) is 16.6 Å². The van der Waals surface area contributed by atoms with E-state index in [0.29, 0.717) is 0 Å². The monoisotopic (exact) mass is 277 g/mol. The number of benzene rings is 2. The van der Waals surface area contributed by atoms with Crippen LogP contribution in [0.15, 0.2) is 65.6 Å². The topological polar surface area (TPSA) is 22.0 Å². The summed E-state index contributed by atoms with van der Waals surface area (Å²) in [6.45, 7) is 6.62. The summed E-state index contributed by atoms with van der Waals surface area (Å²) in [5, 5.41) is 0.750. The SMILES string of the molecule is CC(C)(C)c1ccc(-n2ccc(=O)c3ccccc32)cc1. The maximum absolute atomic E-state index is 11.9. The Kier molecular flexibility index (Phi) is 3.17. The zero-order valence-electron chi connectivity index (χ0n) is 12.6. The summed E-state index contributed by atoms with van der Waals surface area (Å²) < 4.78 is 2.06. The molecular formula is C19H19NO. The highest BCUT2D eigenvalue weighted by molar-refractivity contribution is 5.80. The molecule has 0 aliphatic rings. The largest absolute Gasteiger partial charge is 0.316 e. The van der Waals surface area contributed by atoms with Crippen LogP contribution in [-0.2, 0) is 5.41 Å². The molecule has 106 valence electrons. The van der Waals surface area contributed by atoms with Gasteiger partial charge in [-0.05, 0) is 35.2 Å². The molecule has 2 nitrogen and oxygen atoms in total. The summed E-state index contributed by atoms with van der Waals surface area (Å²) in [7, 11) is 0. The van der Waals surface area contributed by atoms with Crippen LogP contribution in [0.3, 0.4) is 0 Å². The number of rotatable bonds is 1. The third-order valence-electron chi connectivity index (χ3n) is 3.82. The molecule has 0 radical (unpaired) electrons. The Bertz CT molecular complexity index is 836. The van der Waals surface area contributed by atoms with E-state index < -0.39 is 0 Å². The first-order valence-corrected chi connectivity index (χ1v) is 7.18. The van der Waals surface area contributed by atoms with Crippen LogP contribution in [-0.4, -0.2) is 4.57 Å². The van der Waals surface area contributed by atoms with E-state index in [1.54, 1.807) is 6.07 Å². The van der Waals surface area contributed by atoms with E-state index in [4.69, 9.17) is 0 Å². The van der Waals surface area contributed by atoms with Crippen LogP contribution in [0.4, 0.5) is 0 Å². The summed E-state index contributed by atoms with van der Waals surface area (Å²) in [6, 6.07) is 17.9. The van der Waals surface area contributed by atoms with Crippen LogP contribution in [0.5, 0.6) is 0 Å². The number of nitrogens with zero attached hydrogens (tertiary/aromatic N) is 1. The molecule has 0 bridgehead atoms. The van der Waals surface area contributed by atoms with Crippen molar-refractivity contribution in [1.82, 2.24) is 4.57 Å². The quantitative estimate of drug-likeness (QED) is 0.650. The molecule has 0 atom stereocenters. The molecule has 0 unspecified atom stereocenters. The fourth-order valence-corrected chi connectivity index (χ4v) is 2.55. The van der Waals surface area contributed by atoms with Crippen LogP contribution >= 0.6 is 0 Å². The molecule has 0 spiro atoms. The molecule has 0 aliphatic carbocycles. The number of hydrogen-bond donors (Lipinski definition) is 0. The van der Waals surface area contributed by atoms with E-state index in [1.165, 1.54) is 5.56 Å². The second-order valence-corrected chi connectivity index (χ2v) is 6.36. The summed E-state index contributed by atoms with van der Waals surface area (Å²) in [4.78, 5) is 11.9. The lowest BCUT2D eigenvalue weighted by molar-refractivity contribution is 0.590. The molecule has 0 saturated carbocycles. The molecule has 1 aromatic heterocycles. The van der Waals surface area contributed by atoms with Crippen molar-refractivity contribution < 1.29 is 0 Å². The van der Waals surface area contributed by atoms with Crippen molar-refractivity contribution in [2.45, 2.75) is 26.2 Å². The van der Waals surface area contributed by atoms with Gasteiger partial charge in [0, 0.05) is 23.3 Å². The first-order chi connectivity index (χ1) is 9.97. The average Bonchev–Trinajstić information content (AvgIpc) is 2.47. The predicted octanol–water partition coefficient (Wildman–Crippen LogP) is 4.29. The Hall–Kier alpha value is -2.35. The Morgan fingerprint density at radius 1 is 0.857 bits per heavy atom. The molecule has 0 fully saturated rings. The number of fused-ring (bicyclic) bond motifs is 1. The Labute approximate surface area is 124 Å². The first-order valence-electron chi connectivity index (χ1n) is 7.18. The molecule has 0 amide bonds. The summed E-state index contributed by atoms with van der Waals surface area (Å²) in [6.07, 6.45) is 1.84. The van der Waals surface area contributed by atoms with Gasteiger partial charge in [-0.3, -0.25) is 4.79 Å². The van der Waals surface area contributed by atoms with E-state index in [2.05, 4.69) is 49.6 Å². The van der Waals surface area contributed by atoms with Gasteiger partial charge in [0.15, 0.2) is 5.43 Å². The molecular weight excluding hydrogens is 258 g/mol. The zero-order valence-corrected chi connectivity index (χ0v) is 12.6. The van der Waals surface area contributed by atoms with Crippen molar-refractivity contribution in [2.75, 3.05) is 0 Å². The Balaban J connectivity index is 2.17. The maximum atomic E-state index is 11.9. The van der Waals surface area contributed by atoms with Gasteiger partial charge in [-0.25, -0.2) is 0 Å². The van der Waals surface area contributed by atoms with Crippen molar-refractivity contribution >= 4 is 10.9 Å². The van der Waals surface area contributed by atoms with E-state index in [1.807, 2.05) is 30.5 Å². The Morgan fingerprint density at radius 3 is 2.19 bits per heavy atom. The second kappa shape index (κ2) is 4.88. The normalized spacial score (nSPS) is 11.8. The van der Waals surface area contributed by atoms with Gasteiger partial charge in [0.1, 0.15) is 0 Å². The molecule has 3 rings (SSSR count). The summed E-state index contributed by atoms with van der Waals surface area (Å²) in [5.41, 5.74) is 3.52. The van der Waals surface area contributed by atoms with E-state index >= 15 is 0 Å². The molecule has 0 N–H and O–H groups in total.